The molecular weight excluding hydrogens is 242 g/mol. The molecule has 0 bridgehead atoms. The van der Waals surface area contributed by atoms with E-state index >= 15 is 0 Å². The minimum atomic E-state index is -0.183. The van der Waals surface area contributed by atoms with Gasteiger partial charge >= 0.3 is 5.69 Å². The number of amides is 1. The van der Waals surface area contributed by atoms with Crippen LogP contribution in [0.15, 0.2) is 9.95 Å². The van der Waals surface area contributed by atoms with Crippen LogP contribution in [-0.2, 0) is 11.3 Å². The average Bonchev–Trinajstić information content (AvgIpc) is 2.69. The second-order valence-corrected chi connectivity index (χ2v) is 4.49. The monoisotopic (exact) mass is 259 g/mol. The summed E-state index contributed by atoms with van der Waals surface area (Å²) >= 11 is 1.51. The van der Waals surface area contributed by atoms with E-state index in [2.05, 4.69) is 15.6 Å². The molecule has 1 aromatic heterocycles. The van der Waals surface area contributed by atoms with Gasteiger partial charge in [0.1, 0.15) is 0 Å². The van der Waals surface area contributed by atoms with E-state index in [9.17, 15) is 9.59 Å². The maximum absolute atomic E-state index is 11.3. The van der Waals surface area contributed by atoms with E-state index in [1.807, 2.05) is 6.92 Å². The first-order chi connectivity index (χ1) is 8.19. The lowest BCUT2D eigenvalue weighted by molar-refractivity contribution is -0.121. The molecule has 1 rings (SSSR count). The van der Waals surface area contributed by atoms with Gasteiger partial charge in [-0.25, -0.2) is 15.7 Å². The second kappa shape index (κ2) is 7.13. The van der Waals surface area contributed by atoms with Gasteiger partial charge in [0, 0.05) is 18.7 Å². The van der Waals surface area contributed by atoms with Gasteiger partial charge in [-0.05, 0) is 19.8 Å². The molecule has 7 nitrogen and oxygen atoms in total. The molecule has 0 spiro atoms. The predicted octanol–water partition coefficient (Wildman–Crippen LogP) is -0.156. The zero-order chi connectivity index (χ0) is 12.7. The number of nitrogens with zero attached hydrogens (tertiary/aromatic N) is 2. The number of carbonyl (C=O) groups excluding carboxylic acids is 1. The quantitative estimate of drug-likeness (QED) is 0.207. The lowest BCUT2D eigenvalue weighted by Gasteiger charge is -2.02. The average molecular weight is 259 g/mol. The first kappa shape index (κ1) is 13.8. The Morgan fingerprint density at radius 1 is 1.59 bits per heavy atom. The number of thioether (sulfide) groups is 1. The van der Waals surface area contributed by atoms with Crippen LogP contribution in [0.2, 0.25) is 0 Å². The van der Waals surface area contributed by atoms with Gasteiger partial charge in [0.15, 0.2) is 5.16 Å². The zero-order valence-electron chi connectivity index (χ0n) is 9.73. The first-order valence-electron chi connectivity index (χ1n) is 5.46. The van der Waals surface area contributed by atoms with Gasteiger partial charge in [-0.2, -0.15) is 0 Å². The molecular formula is C9H17N5O2S. The normalized spacial score (nSPS) is 10.5. The number of carbonyl (C=O) groups is 1. The maximum atomic E-state index is 11.3. The molecule has 0 fully saturated rings. The Balaban J connectivity index is 2.27. The molecule has 0 atom stereocenters. The van der Waals surface area contributed by atoms with Crippen LogP contribution in [0, 0.1) is 0 Å². The maximum Gasteiger partial charge on any atom is 0.343 e. The molecule has 8 heteroatoms. The van der Waals surface area contributed by atoms with Crippen molar-refractivity contribution in [2.75, 3.05) is 5.75 Å². The molecule has 0 radical (unpaired) electrons. The van der Waals surface area contributed by atoms with E-state index in [-0.39, 0.29) is 11.6 Å². The van der Waals surface area contributed by atoms with Crippen LogP contribution < -0.4 is 17.0 Å². The first-order valence-corrected chi connectivity index (χ1v) is 6.45. The minimum Gasteiger partial charge on any atom is -0.294 e. The Bertz CT molecular complexity index is 414. The number of aromatic nitrogens is 3. The van der Waals surface area contributed by atoms with Crippen molar-refractivity contribution in [1.82, 2.24) is 20.2 Å². The Labute approximate surface area is 103 Å². The number of hydrazine groups is 1. The molecule has 17 heavy (non-hydrogen) atoms. The third-order valence-corrected chi connectivity index (χ3v) is 3.29. The van der Waals surface area contributed by atoms with E-state index in [1.165, 1.54) is 11.8 Å². The number of aromatic amines is 1. The Kier molecular flexibility index (Phi) is 5.78. The van der Waals surface area contributed by atoms with Crippen molar-refractivity contribution in [2.24, 2.45) is 5.84 Å². The van der Waals surface area contributed by atoms with Crippen molar-refractivity contribution in [3.05, 3.63) is 10.5 Å². The summed E-state index contributed by atoms with van der Waals surface area (Å²) in [6.45, 7) is 2.50. The van der Waals surface area contributed by atoms with Gasteiger partial charge in [0.25, 0.3) is 0 Å². The van der Waals surface area contributed by atoms with Crippen LogP contribution in [0.5, 0.6) is 0 Å². The van der Waals surface area contributed by atoms with E-state index in [0.29, 0.717) is 18.1 Å². The highest BCUT2D eigenvalue weighted by Crippen LogP contribution is 2.15. The van der Waals surface area contributed by atoms with Crippen molar-refractivity contribution in [1.29, 1.82) is 0 Å². The molecule has 1 amide bonds. The summed E-state index contributed by atoms with van der Waals surface area (Å²) in [6, 6.07) is 0. The molecule has 1 heterocycles. The Morgan fingerprint density at radius 3 is 3.00 bits per heavy atom. The van der Waals surface area contributed by atoms with Gasteiger partial charge in [0.2, 0.25) is 5.91 Å². The van der Waals surface area contributed by atoms with Gasteiger partial charge < -0.3 is 0 Å². The van der Waals surface area contributed by atoms with Crippen molar-refractivity contribution in [3.8, 4) is 0 Å². The van der Waals surface area contributed by atoms with Crippen LogP contribution >= 0.6 is 11.8 Å². The molecule has 0 saturated heterocycles. The SMILES string of the molecule is CCn1c(SCCCCC(=O)NN)n[nH]c1=O. The summed E-state index contributed by atoms with van der Waals surface area (Å²) in [7, 11) is 0. The topological polar surface area (TPSA) is 106 Å². The third-order valence-electron chi connectivity index (χ3n) is 2.23. The van der Waals surface area contributed by atoms with Crippen molar-refractivity contribution >= 4 is 17.7 Å². The summed E-state index contributed by atoms with van der Waals surface area (Å²) in [4.78, 5) is 22.1. The van der Waals surface area contributed by atoms with Crippen LogP contribution in [0.25, 0.3) is 0 Å². The summed E-state index contributed by atoms with van der Waals surface area (Å²) in [5.74, 6) is 5.63. The van der Waals surface area contributed by atoms with E-state index in [1.54, 1.807) is 4.57 Å². The fraction of sp³-hybridized carbons (Fsp3) is 0.667. The molecule has 1 aromatic rings. The zero-order valence-corrected chi connectivity index (χ0v) is 10.5. The molecule has 96 valence electrons. The second-order valence-electron chi connectivity index (χ2n) is 3.43. The number of hydrogen-bond acceptors (Lipinski definition) is 5. The van der Waals surface area contributed by atoms with Gasteiger partial charge in [-0.15, -0.1) is 5.10 Å². The Morgan fingerprint density at radius 2 is 2.35 bits per heavy atom. The predicted molar refractivity (Wildman–Crippen MR) is 65.4 cm³/mol. The standard InChI is InChI=1S/C9H17N5O2S/c1-2-14-8(16)12-13-9(14)17-6-4-3-5-7(15)11-10/h2-6,10H2,1H3,(H,11,15)(H,12,16). The van der Waals surface area contributed by atoms with Crippen LogP contribution in [-0.4, -0.2) is 26.4 Å². The molecule has 4 N–H and O–H groups in total. The van der Waals surface area contributed by atoms with Gasteiger partial charge in [-0.3, -0.25) is 14.8 Å². The number of nitrogens with one attached hydrogen (secondary N) is 2. The molecule has 0 aliphatic carbocycles. The minimum absolute atomic E-state index is 0.153. The van der Waals surface area contributed by atoms with Crippen LogP contribution in [0.1, 0.15) is 26.2 Å². The van der Waals surface area contributed by atoms with Crippen molar-refractivity contribution in [3.63, 3.8) is 0 Å². The molecule has 0 unspecified atom stereocenters. The fourth-order valence-electron chi connectivity index (χ4n) is 1.32. The number of nitrogens with two attached hydrogens (primary N) is 1. The lowest BCUT2D eigenvalue weighted by atomic mass is 10.2. The smallest absolute Gasteiger partial charge is 0.294 e. The third kappa shape index (κ3) is 4.23. The number of H-pyrrole nitrogens is 1. The molecule has 0 aromatic carbocycles. The summed E-state index contributed by atoms with van der Waals surface area (Å²) in [5.41, 5.74) is 1.90. The van der Waals surface area contributed by atoms with Gasteiger partial charge in [0.05, 0.1) is 0 Å². The largest absolute Gasteiger partial charge is 0.343 e. The highest BCUT2D eigenvalue weighted by Gasteiger charge is 2.06. The van der Waals surface area contributed by atoms with E-state index in [4.69, 9.17) is 5.84 Å². The van der Waals surface area contributed by atoms with E-state index in [0.717, 1.165) is 18.6 Å². The molecule has 0 aliphatic heterocycles. The molecule has 0 saturated carbocycles. The van der Waals surface area contributed by atoms with Crippen LogP contribution in [0.4, 0.5) is 0 Å². The van der Waals surface area contributed by atoms with Gasteiger partial charge in [-0.1, -0.05) is 11.8 Å². The van der Waals surface area contributed by atoms with Crippen molar-refractivity contribution in [2.45, 2.75) is 37.9 Å². The van der Waals surface area contributed by atoms with Crippen molar-refractivity contribution < 1.29 is 4.79 Å². The lowest BCUT2D eigenvalue weighted by Crippen LogP contribution is -2.29. The highest BCUT2D eigenvalue weighted by atomic mass is 32.2. The summed E-state index contributed by atoms with van der Waals surface area (Å²) < 4.78 is 1.58. The highest BCUT2D eigenvalue weighted by molar-refractivity contribution is 7.99. The number of unbranched alkanes of at least 4 members (excludes halogenated alkanes) is 1. The number of hydrogen-bond donors (Lipinski definition) is 3. The van der Waals surface area contributed by atoms with Crippen LogP contribution in [0.3, 0.4) is 0 Å². The van der Waals surface area contributed by atoms with E-state index < -0.39 is 0 Å². The Hall–Kier alpha value is -1.28. The molecule has 0 aliphatic rings. The number of rotatable bonds is 7. The fourth-order valence-corrected chi connectivity index (χ4v) is 2.32. The summed E-state index contributed by atoms with van der Waals surface area (Å²) in [5, 5.41) is 7.03. The summed E-state index contributed by atoms with van der Waals surface area (Å²) in [6.07, 6.45) is 2.08.